The summed E-state index contributed by atoms with van der Waals surface area (Å²) in [5.74, 6) is 0. The molecule has 14 heavy (non-hydrogen) atoms. The molecule has 0 radical (unpaired) electrons. The first-order valence-corrected chi connectivity index (χ1v) is 4.64. The van der Waals surface area contributed by atoms with E-state index in [0.717, 1.165) is 17.6 Å². The third-order valence-electron chi connectivity index (χ3n) is 2.11. The molecule has 0 aliphatic rings. The molecule has 0 amide bonds. The van der Waals surface area contributed by atoms with Gasteiger partial charge in [-0.05, 0) is 12.1 Å². The molecule has 0 aliphatic carbocycles. The summed E-state index contributed by atoms with van der Waals surface area (Å²) in [5.41, 5.74) is 2.26. The fourth-order valence-corrected chi connectivity index (χ4v) is 1.43. The Hall–Kier alpha value is -1.39. The van der Waals surface area contributed by atoms with Crippen molar-refractivity contribution in [2.45, 2.75) is 6.54 Å². The van der Waals surface area contributed by atoms with Gasteiger partial charge in [0, 0.05) is 24.8 Å². The molecule has 0 saturated carbocycles. The van der Waals surface area contributed by atoms with E-state index in [1.54, 1.807) is 0 Å². The Kier molecular flexibility index (Phi) is 2.76. The van der Waals surface area contributed by atoms with Crippen LogP contribution in [0.3, 0.4) is 0 Å². The van der Waals surface area contributed by atoms with Crippen molar-refractivity contribution in [3.05, 3.63) is 36.2 Å². The van der Waals surface area contributed by atoms with Crippen molar-refractivity contribution in [1.29, 1.82) is 0 Å². The number of aliphatic hydroxyl groups is 1. The van der Waals surface area contributed by atoms with Gasteiger partial charge >= 0.3 is 0 Å². The predicted octanol–water partition coefficient (Wildman–Crippen LogP) is 0.416. The highest BCUT2D eigenvalue weighted by atomic mass is 16.3. The Labute approximate surface area is 82.2 Å². The van der Waals surface area contributed by atoms with Crippen LogP contribution in [0, 0.1) is 0 Å². The lowest BCUT2D eigenvalue weighted by atomic mass is 10.2. The fourth-order valence-electron chi connectivity index (χ4n) is 1.43. The highest BCUT2D eigenvalue weighted by Gasteiger charge is 2.01. The first-order valence-electron chi connectivity index (χ1n) is 4.64. The van der Waals surface area contributed by atoms with Gasteiger partial charge in [-0.25, -0.2) is 4.52 Å². The van der Waals surface area contributed by atoms with E-state index >= 15 is 0 Å². The van der Waals surface area contributed by atoms with Crippen LogP contribution in [0.15, 0.2) is 30.6 Å². The molecule has 2 aromatic rings. The van der Waals surface area contributed by atoms with Gasteiger partial charge in [-0.2, -0.15) is 5.10 Å². The normalized spacial score (nSPS) is 10.9. The zero-order valence-corrected chi connectivity index (χ0v) is 7.85. The molecule has 2 rings (SSSR count). The molecule has 0 aliphatic heterocycles. The maximum Gasteiger partial charge on any atom is 0.0706 e. The minimum absolute atomic E-state index is 0.166. The lowest BCUT2D eigenvalue weighted by Gasteiger charge is -2.00. The molecule has 0 saturated heterocycles. The average molecular weight is 191 g/mol. The predicted molar refractivity (Wildman–Crippen MR) is 54.0 cm³/mol. The molecule has 0 bridgehead atoms. The van der Waals surface area contributed by atoms with Crippen LogP contribution in [-0.2, 0) is 6.54 Å². The quantitative estimate of drug-likeness (QED) is 0.688. The van der Waals surface area contributed by atoms with Gasteiger partial charge in [0.25, 0.3) is 0 Å². The van der Waals surface area contributed by atoms with Gasteiger partial charge < -0.3 is 10.4 Å². The molecule has 2 aromatic heterocycles. The smallest absolute Gasteiger partial charge is 0.0706 e. The van der Waals surface area contributed by atoms with E-state index in [2.05, 4.69) is 10.4 Å². The molecule has 0 fully saturated rings. The van der Waals surface area contributed by atoms with E-state index in [1.807, 2.05) is 35.1 Å². The van der Waals surface area contributed by atoms with Gasteiger partial charge in [-0.3, -0.25) is 0 Å². The molecule has 2 heterocycles. The number of nitrogens with zero attached hydrogens (tertiary/aromatic N) is 2. The monoisotopic (exact) mass is 191 g/mol. The molecule has 0 spiro atoms. The lowest BCUT2D eigenvalue weighted by molar-refractivity contribution is 0.292. The van der Waals surface area contributed by atoms with Crippen molar-refractivity contribution in [2.75, 3.05) is 13.2 Å². The number of aliphatic hydroxyl groups excluding tert-OH is 1. The van der Waals surface area contributed by atoms with Crippen LogP contribution in [0.4, 0.5) is 0 Å². The van der Waals surface area contributed by atoms with Crippen LogP contribution < -0.4 is 5.32 Å². The zero-order valence-electron chi connectivity index (χ0n) is 7.85. The summed E-state index contributed by atoms with van der Waals surface area (Å²) < 4.78 is 1.84. The summed E-state index contributed by atoms with van der Waals surface area (Å²) in [6.45, 7) is 1.53. The minimum Gasteiger partial charge on any atom is -0.395 e. The summed E-state index contributed by atoms with van der Waals surface area (Å²) in [7, 11) is 0. The van der Waals surface area contributed by atoms with Crippen LogP contribution in [0.2, 0.25) is 0 Å². The van der Waals surface area contributed by atoms with Crippen molar-refractivity contribution in [1.82, 2.24) is 14.9 Å². The number of aromatic nitrogens is 2. The summed E-state index contributed by atoms with van der Waals surface area (Å²) in [4.78, 5) is 0. The summed E-state index contributed by atoms with van der Waals surface area (Å²) in [5, 5.41) is 16.0. The van der Waals surface area contributed by atoms with Crippen molar-refractivity contribution in [3.63, 3.8) is 0 Å². The van der Waals surface area contributed by atoms with E-state index in [4.69, 9.17) is 5.11 Å². The Balaban J connectivity index is 2.17. The second-order valence-electron chi connectivity index (χ2n) is 3.10. The molecule has 0 unspecified atom stereocenters. The molecule has 0 aromatic carbocycles. The van der Waals surface area contributed by atoms with Gasteiger partial charge in [-0.1, -0.05) is 6.07 Å². The SMILES string of the molecule is OCCNCc1cnn2ccccc12. The van der Waals surface area contributed by atoms with Gasteiger partial charge in [0.05, 0.1) is 18.3 Å². The van der Waals surface area contributed by atoms with E-state index < -0.39 is 0 Å². The van der Waals surface area contributed by atoms with E-state index in [0.29, 0.717) is 6.54 Å². The highest BCUT2D eigenvalue weighted by molar-refractivity contribution is 5.53. The largest absolute Gasteiger partial charge is 0.395 e. The third-order valence-corrected chi connectivity index (χ3v) is 2.11. The van der Waals surface area contributed by atoms with Crippen molar-refractivity contribution in [2.24, 2.45) is 0 Å². The van der Waals surface area contributed by atoms with E-state index in [1.165, 1.54) is 0 Å². The third kappa shape index (κ3) is 1.76. The van der Waals surface area contributed by atoms with Gasteiger partial charge in [0.15, 0.2) is 0 Å². The summed E-state index contributed by atoms with van der Waals surface area (Å²) in [6.07, 6.45) is 3.77. The molecule has 0 atom stereocenters. The topological polar surface area (TPSA) is 49.6 Å². The van der Waals surface area contributed by atoms with Crippen LogP contribution in [0.5, 0.6) is 0 Å². The average Bonchev–Trinajstić information content (AvgIpc) is 2.63. The van der Waals surface area contributed by atoms with Crippen LogP contribution in [-0.4, -0.2) is 27.9 Å². The summed E-state index contributed by atoms with van der Waals surface area (Å²) in [6, 6.07) is 5.97. The number of nitrogens with one attached hydrogen (secondary N) is 1. The molecule has 4 heteroatoms. The molecule has 4 nitrogen and oxygen atoms in total. The Morgan fingerprint density at radius 3 is 3.21 bits per heavy atom. The standard InChI is InChI=1S/C10H13N3O/c14-6-4-11-7-9-8-12-13-5-2-1-3-10(9)13/h1-3,5,8,11,14H,4,6-7H2. The highest BCUT2D eigenvalue weighted by Crippen LogP contribution is 2.08. The van der Waals surface area contributed by atoms with Crippen molar-refractivity contribution >= 4 is 5.52 Å². The molecular formula is C10H13N3O. The maximum atomic E-state index is 8.62. The number of pyridine rings is 1. The first-order chi connectivity index (χ1) is 6.92. The van der Waals surface area contributed by atoms with Crippen LogP contribution >= 0.6 is 0 Å². The van der Waals surface area contributed by atoms with Crippen LogP contribution in [0.25, 0.3) is 5.52 Å². The minimum atomic E-state index is 0.166. The van der Waals surface area contributed by atoms with Gasteiger partial charge in [0.1, 0.15) is 0 Å². The first kappa shape index (κ1) is 9.18. The Morgan fingerprint density at radius 1 is 1.43 bits per heavy atom. The Bertz CT molecular complexity index is 410. The second kappa shape index (κ2) is 4.21. The van der Waals surface area contributed by atoms with Gasteiger partial charge in [0.2, 0.25) is 0 Å². The van der Waals surface area contributed by atoms with Crippen LogP contribution in [0.1, 0.15) is 5.56 Å². The van der Waals surface area contributed by atoms with E-state index in [9.17, 15) is 0 Å². The number of hydrogen-bond donors (Lipinski definition) is 2. The van der Waals surface area contributed by atoms with E-state index in [-0.39, 0.29) is 6.61 Å². The lowest BCUT2D eigenvalue weighted by Crippen LogP contribution is -2.17. The number of rotatable bonds is 4. The molecule has 74 valence electrons. The Morgan fingerprint density at radius 2 is 2.36 bits per heavy atom. The van der Waals surface area contributed by atoms with Crippen molar-refractivity contribution < 1.29 is 5.11 Å². The molecular weight excluding hydrogens is 178 g/mol. The maximum absolute atomic E-state index is 8.62. The fraction of sp³-hybridized carbons (Fsp3) is 0.300. The number of hydrogen-bond acceptors (Lipinski definition) is 3. The number of fused-ring (bicyclic) bond motifs is 1. The van der Waals surface area contributed by atoms with Gasteiger partial charge in [-0.15, -0.1) is 0 Å². The summed E-state index contributed by atoms with van der Waals surface area (Å²) >= 11 is 0. The zero-order chi connectivity index (χ0) is 9.80. The van der Waals surface area contributed by atoms with Crippen molar-refractivity contribution in [3.8, 4) is 0 Å². The second-order valence-corrected chi connectivity index (χ2v) is 3.10. The molecule has 2 N–H and O–H groups in total.